The number of rotatable bonds is 4. The topological polar surface area (TPSA) is 53.0 Å². The van der Waals surface area contributed by atoms with Crippen molar-refractivity contribution in [3.05, 3.63) is 23.3 Å². The molecule has 5 rings (SSSR count). The maximum Gasteiger partial charge on any atom is 0.118 e. The summed E-state index contributed by atoms with van der Waals surface area (Å²) < 4.78 is 6.33. The molecule has 1 aliphatic heterocycles. The highest BCUT2D eigenvalue weighted by Gasteiger charge is 2.77. The Morgan fingerprint density at radius 2 is 1.74 bits per heavy atom. The maximum absolute atomic E-state index is 11.5. The number of hydrogen-bond acceptors (Lipinski definition) is 3. The summed E-state index contributed by atoms with van der Waals surface area (Å²) in [5.41, 5.74) is 2.93. The van der Waals surface area contributed by atoms with E-state index in [0.717, 1.165) is 25.7 Å². The van der Waals surface area contributed by atoms with Crippen molar-refractivity contribution < 1.29 is 14.9 Å². The second-order valence-electron chi connectivity index (χ2n) is 12.6. The number of aliphatic hydroxyl groups is 2. The molecule has 3 nitrogen and oxygen atoms in total. The molecule has 174 valence electrons. The summed E-state index contributed by atoms with van der Waals surface area (Å²) in [4.78, 5) is 0. The van der Waals surface area contributed by atoms with Crippen LogP contribution < -0.4 is 0 Å². The third-order valence-corrected chi connectivity index (χ3v) is 10.9. The van der Waals surface area contributed by atoms with Gasteiger partial charge in [0.1, 0.15) is 17.8 Å². The molecule has 4 fully saturated rings. The SMILES string of the molecule is CC(C)[C@H](C)/C=C/[C@@H](C)[C@H]1CCC2=C3[C@H](O)[C@@H]4O[C@@]45C[C@@H](O)CC[C@]5(C)[C@H]3CC[C@@]21C. The Kier molecular flexibility index (Phi) is 5.13. The third kappa shape index (κ3) is 2.95. The first-order valence-corrected chi connectivity index (χ1v) is 13.0. The molecule has 1 spiro atoms. The second-order valence-corrected chi connectivity index (χ2v) is 12.6. The fraction of sp³-hybridized carbons (Fsp3) is 0.857. The van der Waals surface area contributed by atoms with Crippen LogP contribution in [0, 0.1) is 40.4 Å². The van der Waals surface area contributed by atoms with E-state index in [1.54, 1.807) is 5.57 Å². The predicted octanol–water partition coefficient (Wildman–Crippen LogP) is 5.66. The number of ether oxygens (including phenoxy) is 1. The Hall–Kier alpha value is -0.640. The molecule has 10 atom stereocenters. The van der Waals surface area contributed by atoms with Crippen LogP contribution in [0.5, 0.6) is 0 Å². The zero-order valence-electron chi connectivity index (χ0n) is 20.5. The lowest BCUT2D eigenvalue weighted by atomic mass is 9.48. The molecule has 0 unspecified atom stereocenters. The van der Waals surface area contributed by atoms with E-state index in [9.17, 15) is 10.2 Å². The second kappa shape index (κ2) is 7.18. The van der Waals surface area contributed by atoms with Crippen molar-refractivity contribution in [2.24, 2.45) is 40.4 Å². The number of epoxide rings is 1. The predicted molar refractivity (Wildman–Crippen MR) is 124 cm³/mol. The van der Waals surface area contributed by atoms with Gasteiger partial charge < -0.3 is 14.9 Å². The number of allylic oxidation sites excluding steroid dienone is 3. The van der Waals surface area contributed by atoms with Crippen molar-refractivity contribution in [1.29, 1.82) is 0 Å². The summed E-state index contributed by atoms with van der Waals surface area (Å²) in [6.07, 6.45) is 11.4. The average molecular weight is 429 g/mol. The van der Waals surface area contributed by atoms with Crippen molar-refractivity contribution in [2.75, 3.05) is 0 Å². The van der Waals surface area contributed by atoms with Gasteiger partial charge in [0.05, 0.1) is 6.10 Å². The van der Waals surface area contributed by atoms with E-state index >= 15 is 0 Å². The first-order chi connectivity index (χ1) is 14.5. The van der Waals surface area contributed by atoms with Crippen LogP contribution in [0.1, 0.15) is 86.5 Å². The molecular formula is C28H44O3. The molecule has 3 saturated carbocycles. The van der Waals surface area contributed by atoms with E-state index in [-0.39, 0.29) is 28.6 Å². The number of aliphatic hydroxyl groups excluding tert-OH is 2. The zero-order valence-corrected chi connectivity index (χ0v) is 20.5. The van der Waals surface area contributed by atoms with Gasteiger partial charge in [-0.05, 0) is 79.1 Å². The van der Waals surface area contributed by atoms with Crippen LogP contribution in [0.3, 0.4) is 0 Å². The lowest BCUT2D eigenvalue weighted by Gasteiger charge is -2.55. The molecule has 0 aromatic rings. The van der Waals surface area contributed by atoms with E-state index in [2.05, 4.69) is 53.7 Å². The van der Waals surface area contributed by atoms with E-state index in [1.165, 1.54) is 18.4 Å². The van der Waals surface area contributed by atoms with Crippen molar-refractivity contribution in [1.82, 2.24) is 0 Å². The van der Waals surface area contributed by atoms with Gasteiger partial charge in [-0.3, -0.25) is 0 Å². The summed E-state index contributed by atoms with van der Waals surface area (Å²) in [6.45, 7) is 14.2. The lowest BCUT2D eigenvalue weighted by Crippen LogP contribution is -2.57. The summed E-state index contributed by atoms with van der Waals surface area (Å²) in [5, 5.41) is 21.9. The first-order valence-electron chi connectivity index (χ1n) is 13.0. The van der Waals surface area contributed by atoms with Gasteiger partial charge in [-0.15, -0.1) is 0 Å². The van der Waals surface area contributed by atoms with Crippen LogP contribution in [-0.2, 0) is 4.74 Å². The van der Waals surface area contributed by atoms with Crippen molar-refractivity contribution in [3.63, 3.8) is 0 Å². The lowest BCUT2D eigenvalue weighted by molar-refractivity contribution is -0.0512. The molecule has 1 saturated heterocycles. The molecular weight excluding hydrogens is 384 g/mol. The normalized spacial score (nSPS) is 50.7. The summed E-state index contributed by atoms with van der Waals surface area (Å²) in [6, 6.07) is 0. The molecule has 0 radical (unpaired) electrons. The van der Waals surface area contributed by atoms with Gasteiger partial charge in [0.2, 0.25) is 0 Å². The monoisotopic (exact) mass is 428 g/mol. The standard InChI is InChI=1S/C28H44O3/c1-16(2)17(3)7-8-18(4)20-9-10-21-23-22(12-13-26(20,21)5)27(6)14-11-19(29)15-28(27)25(31-28)24(23)30/h7-8,16-20,22,24-25,29-30H,9-15H2,1-6H3/b8-7+/t17-,18-,19+,20-,22+,24+,25+,26-,27-,28+/m1/s1. The van der Waals surface area contributed by atoms with E-state index in [4.69, 9.17) is 4.74 Å². The highest BCUT2D eigenvalue weighted by atomic mass is 16.6. The minimum atomic E-state index is -0.469. The Balaban J connectivity index is 1.47. The van der Waals surface area contributed by atoms with Crippen molar-refractivity contribution >= 4 is 0 Å². The summed E-state index contributed by atoms with van der Waals surface area (Å²) >= 11 is 0. The summed E-state index contributed by atoms with van der Waals surface area (Å²) in [7, 11) is 0. The fourth-order valence-corrected chi connectivity index (χ4v) is 8.48. The molecule has 4 aliphatic carbocycles. The van der Waals surface area contributed by atoms with Gasteiger partial charge in [-0.1, -0.05) is 59.3 Å². The van der Waals surface area contributed by atoms with Gasteiger partial charge in [0, 0.05) is 11.8 Å². The maximum atomic E-state index is 11.5. The minimum absolute atomic E-state index is 0.0656. The zero-order chi connectivity index (χ0) is 22.3. The molecule has 31 heavy (non-hydrogen) atoms. The van der Waals surface area contributed by atoms with E-state index in [1.807, 2.05) is 0 Å². The fourth-order valence-electron chi connectivity index (χ4n) is 8.48. The molecule has 1 heterocycles. The number of hydrogen-bond donors (Lipinski definition) is 2. The smallest absolute Gasteiger partial charge is 0.118 e. The van der Waals surface area contributed by atoms with Crippen LogP contribution in [0.2, 0.25) is 0 Å². The molecule has 5 aliphatic rings. The molecule has 2 N–H and O–H groups in total. The molecule has 3 heteroatoms. The van der Waals surface area contributed by atoms with E-state index in [0.29, 0.717) is 36.0 Å². The van der Waals surface area contributed by atoms with Gasteiger partial charge >= 0.3 is 0 Å². The molecule has 0 aromatic carbocycles. The van der Waals surface area contributed by atoms with Crippen molar-refractivity contribution in [3.8, 4) is 0 Å². The Labute approximate surface area is 189 Å². The van der Waals surface area contributed by atoms with Crippen LogP contribution in [0.25, 0.3) is 0 Å². The average Bonchev–Trinajstić information content (AvgIpc) is 3.34. The van der Waals surface area contributed by atoms with Gasteiger partial charge in [0.25, 0.3) is 0 Å². The largest absolute Gasteiger partial charge is 0.393 e. The minimum Gasteiger partial charge on any atom is -0.393 e. The van der Waals surface area contributed by atoms with Gasteiger partial charge in [-0.25, -0.2) is 0 Å². The summed E-state index contributed by atoms with van der Waals surface area (Å²) in [5.74, 6) is 2.95. The highest BCUT2D eigenvalue weighted by molar-refractivity contribution is 5.43. The van der Waals surface area contributed by atoms with Crippen LogP contribution in [-0.4, -0.2) is 34.1 Å². The number of fused-ring (bicyclic) bond motifs is 3. The van der Waals surface area contributed by atoms with Crippen LogP contribution in [0.15, 0.2) is 23.3 Å². The molecule has 0 aromatic heterocycles. The van der Waals surface area contributed by atoms with Gasteiger partial charge in [0.15, 0.2) is 0 Å². The Morgan fingerprint density at radius 3 is 2.45 bits per heavy atom. The first kappa shape index (κ1) is 22.2. The van der Waals surface area contributed by atoms with Crippen LogP contribution >= 0.6 is 0 Å². The highest BCUT2D eigenvalue weighted by Crippen LogP contribution is 2.72. The van der Waals surface area contributed by atoms with Crippen molar-refractivity contribution in [2.45, 2.75) is 110 Å². The Bertz CT molecular complexity index is 798. The quantitative estimate of drug-likeness (QED) is 0.449. The van der Waals surface area contributed by atoms with Gasteiger partial charge in [-0.2, -0.15) is 0 Å². The van der Waals surface area contributed by atoms with Crippen LogP contribution in [0.4, 0.5) is 0 Å². The molecule has 0 bridgehead atoms. The third-order valence-electron chi connectivity index (χ3n) is 10.9. The van der Waals surface area contributed by atoms with E-state index < -0.39 is 6.10 Å². The Morgan fingerprint density at radius 1 is 1.00 bits per heavy atom. The molecule has 0 amide bonds.